The highest BCUT2D eigenvalue weighted by atomic mass is 31.2. The van der Waals surface area contributed by atoms with Crippen molar-refractivity contribution >= 4 is 44.1 Å². The van der Waals surface area contributed by atoms with Crippen LogP contribution < -0.4 is 4.74 Å². The highest BCUT2D eigenvalue weighted by Gasteiger charge is 2.31. The predicted octanol–water partition coefficient (Wildman–Crippen LogP) is 14.9. The number of nitrogens with one attached hydrogen (secondary N) is 3. The second-order valence-corrected chi connectivity index (χ2v) is 22.5. The maximum Gasteiger partial charge on any atom is 0.502 e. The number of nitrogens with zero attached hydrogens (tertiary/aromatic N) is 3. The molecule has 79 heavy (non-hydrogen) atoms. The Balaban J connectivity index is 0.000000348. The number of hydrogen-bond donors (Lipinski definition) is 3. The average molecular weight is 1120 g/mol. The summed E-state index contributed by atoms with van der Waals surface area (Å²) < 4.78 is 43.7. The molecule has 0 saturated carbocycles. The minimum Gasteiger partial charge on any atom is -0.494 e. The number of benzene rings is 1. The van der Waals surface area contributed by atoms with E-state index in [-0.39, 0.29) is 32.3 Å². The second-order valence-electron chi connectivity index (χ2n) is 20.9. The van der Waals surface area contributed by atoms with E-state index < -0.39 is 13.9 Å². The molecule has 2 atom stereocenters. The van der Waals surface area contributed by atoms with E-state index in [2.05, 4.69) is 79.9 Å². The van der Waals surface area contributed by atoms with Crippen molar-refractivity contribution in [3.63, 3.8) is 0 Å². The first-order valence-corrected chi connectivity index (χ1v) is 31.2. The number of ether oxygens (including phenoxy) is 3. The van der Waals surface area contributed by atoms with Crippen LogP contribution in [0.15, 0.2) is 28.2 Å². The van der Waals surface area contributed by atoms with Gasteiger partial charge in [0.2, 0.25) is 0 Å². The zero-order valence-corrected chi connectivity index (χ0v) is 51.1. The maximum atomic E-state index is 12.5. The van der Waals surface area contributed by atoms with Crippen LogP contribution in [0.3, 0.4) is 0 Å². The van der Waals surface area contributed by atoms with E-state index in [4.69, 9.17) is 33.2 Å². The first-order chi connectivity index (χ1) is 38.3. The summed E-state index contributed by atoms with van der Waals surface area (Å²) in [6, 6.07) is 6.06. The Hall–Kier alpha value is -4.83. The molecular weight excluding hydrogens is 1020 g/mol. The molecule has 5 rings (SSSR count). The zero-order valence-electron chi connectivity index (χ0n) is 50.2. The molecule has 6 bridgehead atoms. The molecule has 17 heteroatoms. The molecule has 4 aromatic rings. The quantitative estimate of drug-likeness (QED) is 0.00863. The van der Waals surface area contributed by atoms with E-state index in [1.165, 1.54) is 140 Å². The van der Waals surface area contributed by atoms with Crippen molar-refractivity contribution in [3.8, 4) is 5.75 Å². The van der Waals surface area contributed by atoms with Gasteiger partial charge in [0.1, 0.15) is 12.4 Å². The number of rotatable bonds is 36. The Morgan fingerprint density at radius 3 is 1.66 bits per heavy atom. The van der Waals surface area contributed by atoms with Crippen LogP contribution in [0.5, 0.6) is 5.75 Å². The lowest BCUT2D eigenvalue weighted by Gasteiger charge is -2.20. The van der Waals surface area contributed by atoms with Crippen molar-refractivity contribution < 1.29 is 47.0 Å². The number of esters is 1. The van der Waals surface area contributed by atoms with E-state index in [9.17, 15) is 14.2 Å². The fraction of sp³-hybridized carbons (Fsp3) is 0.645. The third-order valence-electron chi connectivity index (χ3n) is 14.7. The third kappa shape index (κ3) is 22.6. The van der Waals surface area contributed by atoms with Crippen molar-refractivity contribution in [2.45, 2.75) is 209 Å². The van der Waals surface area contributed by atoms with Crippen molar-refractivity contribution in [1.82, 2.24) is 19.9 Å². The Labute approximate surface area is 473 Å². The van der Waals surface area contributed by atoms with Crippen molar-refractivity contribution in [1.29, 1.82) is 0 Å². The lowest BCUT2D eigenvalue weighted by molar-refractivity contribution is -0.203. The summed E-state index contributed by atoms with van der Waals surface area (Å²) in [5.74, 6) is 0.454. The van der Waals surface area contributed by atoms with Crippen LogP contribution in [0, 0.1) is 13.8 Å². The largest absolute Gasteiger partial charge is 0.502 e. The molecule has 0 radical (unpaired) electrons. The van der Waals surface area contributed by atoms with Gasteiger partial charge in [-0.05, 0) is 112 Å². The number of phosphoric ester groups is 1. The van der Waals surface area contributed by atoms with Gasteiger partial charge in [0.15, 0.2) is 6.10 Å². The molecule has 0 aliphatic carbocycles. The van der Waals surface area contributed by atoms with E-state index >= 15 is 0 Å². The molecule has 16 nitrogen and oxygen atoms in total. The number of likely N-dealkylation sites (N-methyl/N-ethyl adjacent to an activating group) is 1. The first kappa shape index (κ1) is 66.7. The van der Waals surface area contributed by atoms with E-state index in [1.54, 1.807) is 0 Å². The van der Waals surface area contributed by atoms with Crippen LogP contribution in [-0.4, -0.2) is 105 Å². The van der Waals surface area contributed by atoms with Gasteiger partial charge in [0, 0.05) is 54.6 Å². The summed E-state index contributed by atoms with van der Waals surface area (Å²) in [6.45, 7) is 18.8. The number of H-pyrrole nitrogens is 3. The summed E-state index contributed by atoms with van der Waals surface area (Å²) in [7, 11) is 0.792. The number of hydrogen-bond acceptors (Lipinski definition) is 13. The van der Waals surface area contributed by atoms with Crippen molar-refractivity contribution in [2.24, 2.45) is 9.98 Å². The van der Waals surface area contributed by atoms with Gasteiger partial charge in [-0.15, -0.1) is 4.67 Å². The SMILES string of the molecule is CCCCCCCCCCCCCCCC(=O)OCC(COP(=O)(OCCN(C)C)OOC)OC=O.CCCCCOc1ccc2c(c1)N=Cc1[nH]c(c(CC)c1C)Cc1[nH]c(c(CC)c1CC)Cc1[nH]c(c(C)c1CC)C=N2. The number of aromatic nitrogens is 3. The number of aromatic amines is 3. The molecule has 3 aromatic heterocycles. The van der Waals surface area contributed by atoms with Gasteiger partial charge in [0.05, 0.1) is 62.1 Å². The van der Waals surface area contributed by atoms with Crippen LogP contribution in [0.1, 0.15) is 218 Å². The molecule has 0 amide bonds. The summed E-state index contributed by atoms with van der Waals surface area (Å²) in [5.41, 5.74) is 17.2. The van der Waals surface area contributed by atoms with Gasteiger partial charge >= 0.3 is 13.8 Å². The molecule has 1 aliphatic rings. The standard InChI is InChI=1S/C37H49N5O.C25H50NO9P/c1-8-13-14-17-43-25-15-16-30-35(18-25)39-22-37-24(7)27(10-3)32(42-37)20-34-29(12-5)28(11-4)33(40-34)19-31-26(9-2)23(6)36(41-31)21-38-30;1-5-6-7-8-9-10-11-12-13-14-15-16-17-18-25(28)31-21-24(32-23-27)22-34-36(29,35-30-4)33-20-19-26(2)3/h15-16,18,21-22,40-42H,8-14,17,19-20H2,1-7H3;23-24H,5-22H2,1-4H3. The smallest absolute Gasteiger partial charge is 0.494 e. The maximum absolute atomic E-state index is 12.5. The Morgan fingerprint density at radius 2 is 1.15 bits per heavy atom. The average Bonchev–Trinajstić information content (AvgIpc) is 4.14. The molecule has 3 N–H and O–H groups in total. The number of unbranched alkanes of at least 4 members (excludes halogenated alkanes) is 14. The van der Waals surface area contributed by atoms with Gasteiger partial charge < -0.3 is 34.1 Å². The Kier molecular flexibility index (Phi) is 31.4. The minimum absolute atomic E-state index is 0.0704. The summed E-state index contributed by atoms with van der Waals surface area (Å²) in [6.07, 6.45) is 28.4. The van der Waals surface area contributed by atoms with Crippen LogP contribution in [0.25, 0.3) is 0 Å². The van der Waals surface area contributed by atoms with Crippen LogP contribution in [0.2, 0.25) is 0 Å². The van der Waals surface area contributed by atoms with Gasteiger partial charge in [-0.3, -0.25) is 28.6 Å². The summed E-state index contributed by atoms with van der Waals surface area (Å²) >= 11 is 0. The van der Waals surface area contributed by atoms with Crippen molar-refractivity contribution in [2.75, 3.05) is 54.2 Å². The van der Waals surface area contributed by atoms with Gasteiger partial charge in [-0.25, -0.2) is 9.45 Å². The van der Waals surface area contributed by atoms with E-state index in [0.717, 1.165) is 92.7 Å². The molecule has 0 spiro atoms. The first-order valence-electron chi connectivity index (χ1n) is 29.8. The molecule has 1 aliphatic heterocycles. The highest BCUT2D eigenvalue weighted by Crippen LogP contribution is 2.49. The Morgan fingerprint density at radius 1 is 0.646 bits per heavy atom. The lowest BCUT2D eigenvalue weighted by Crippen LogP contribution is -2.27. The monoisotopic (exact) mass is 1120 g/mol. The minimum atomic E-state index is -4.03. The number of fused-ring (bicyclic) bond motifs is 7. The predicted molar refractivity (Wildman–Crippen MR) is 319 cm³/mol. The van der Waals surface area contributed by atoms with Gasteiger partial charge in [-0.1, -0.05) is 131 Å². The van der Waals surface area contributed by atoms with Crippen molar-refractivity contribution in [3.05, 3.63) is 85.7 Å². The summed E-state index contributed by atoms with van der Waals surface area (Å²) in [5, 5.41) is 0. The normalized spacial score (nSPS) is 13.4. The number of carbonyl (C=O) groups is 2. The molecular formula is C62H99N6O10P. The van der Waals surface area contributed by atoms with Crippen LogP contribution >= 0.6 is 7.82 Å². The third-order valence-corrected chi connectivity index (χ3v) is 16.0. The molecule has 2 unspecified atom stereocenters. The molecule has 1 aromatic carbocycles. The van der Waals surface area contributed by atoms with Crippen LogP contribution in [-0.2, 0) is 80.8 Å². The van der Waals surface area contributed by atoms with E-state index in [1.807, 2.05) is 49.6 Å². The van der Waals surface area contributed by atoms with E-state index in [0.29, 0.717) is 19.6 Å². The topological polar surface area (TPSA) is 191 Å². The van der Waals surface area contributed by atoms with Gasteiger partial charge in [0.25, 0.3) is 6.47 Å². The lowest BCUT2D eigenvalue weighted by atomic mass is 9.98. The fourth-order valence-corrected chi connectivity index (χ4v) is 11.2. The second kappa shape index (κ2) is 37.2. The molecule has 442 valence electrons. The fourth-order valence-electron chi connectivity index (χ4n) is 10.2. The molecule has 4 heterocycles. The number of carbonyl (C=O) groups excluding carboxylic acids is 2. The molecule has 0 fully saturated rings. The zero-order chi connectivity index (χ0) is 57.4. The van der Waals surface area contributed by atoms with Gasteiger partial charge in [-0.2, -0.15) is 0 Å². The Bertz CT molecular complexity index is 2510. The summed E-state index contributed by atoms with van der Waals surface area (Å²) in [4.78, 5) is 50.5. The van der Waals surface area contributed by atoms with Crippen LogP contribution in [0.4, 0.5) is 11.4 Å². The number of aliphatic imine (C=N–C) groups is 2. The number of phosphoric acid groups is 1. The molecule has 0 saturated heterocycles. The highest BCUT2D eigenvalue weighted by molar-refractivity contribution is 7.48.